The Balaban J connectivity index is 1.38. The smallest absolute Gasteiger partial charge is 0.336 e. The van der Waals surface area contributed by atoms with Crippen molar-refractivity contribution in [1.29, 1.82) is 0 Å². The first-order valence-corrected chi connectivity index (χ1v) is 10.4. The van der Waals surface area contributed by atoms with E-state index in [1.54, 1.807) is 24.3 Å². The van der Waals surface area contributed by atoms with Crippen molar-refractivity contribution in [3.8, 4) is 0 Å². The largest absolute Gasteiger partial charge is 0.458 e. The van der Waals surface area contributed by atoms with Gasteiger partial charge in [-0.15, -0.1) is 0 Å². The summed E-state index contributed by atoms with van der Waals surface area (Å²) in [5, 5.41) is 1.30. The van der Waals surface area contributed by atoms with Crippen LogP contribution in [0.4, 0.5) is 0 Å². The van der Waals surface area contributed by atoms with E-state index in [1.165, 1.54) is 12.1 Å². The molecule has 0 saturated heterocycles. The van der Waals surface area contributed by atoms with Gasteiger partial charge in [-0.2, -0.15) is 0 Å². The Morgan fingerprint density at radius 1 is 0.706 bits per heavy atom. The molecule has 4 rings (SSSR count). The fraction of sp³-hybridized carbons (Fsp3) is 0.154. The van der Waals surface area contributed by atoms with Gasteiger partial charge in [-0.25, -0.2) is 19.2 Å². The second-order valence-electron chi connectivity index (χ2n) is 7.73. The zero-order chi connectivity index (χ0) is 24.2. The van der Waals surface area contributed by atoms with Crippen molar-refractivity contribution in [2.45, 2.75) is 27.1 Å². The predicted molar refractivity (Wildman–Crippen MR) is 123 cm³/mol. The molecule has 172 valence electrons. The van der Waals surface area contributed by atoms with Crippen LogP contribution in [0.15, 0.2) is 79.1 Å². The Morgan fingerprint density at radius 3 is 1.53 bits per heavy atom. The molecule has 8 nitrogen and oxygen atoms in total. The monoisotopic (exact) mass is 460 g/mol. The van der Waals surface area contributed by atoms with E-state index in [2.05, 4.69) is 0 Å². The van der Waals surface area contributed by atoms with Gasteiger partial charge < -0.3 is 18.3 Å². The Labute approximate surface area is 193 Å². The van der Waals surface area contributed by atoms with Crippen LogP contribution in [0.5, 0.6) is 0 Å². The number of esters is 2. The van der Waals surface area contributed by atoms with E-state index in [0.717, 1.165) is 23.3 Å². The van der Waals surface area contributed by atoms with Crippen molar-refractivity contribution in [3.05, 3.63) is 104 Å². The number of carbonyl (C=O) groups is 2. The maximum atomic E-state index is 12.0. The van der Waals surface area contributed by atoms with Crippen LogP contribution in [-0.2, 0) is 32.3 Å². The molecule has 4 aromatic rings. The summed E-state index contributed by atoms with van der Waals surface area (Å²) in [7, 11) is 0. The van der Waals surface area contributed by atoms with Crippen molar-refractivity contribution in [2.75, 3.05) is 0 Å². The van der Waals surface area contributed by atoms with Gasteiger partial charge in [0.1, 0.15) is 24.4 Å². The van der Waals surface area contributed by atoms with Crippen molar-refractivity contribution in [3.63, 3.8) is 0 Å². The first-order valence-electron chi connectivity index (χ1n) is 10.4. The Hall–Kier alpha value is -4.46. The van der Waals surface area contributed by atoms with E-state index >= 15 is 0 Å². The van der Waals surface area contributed by atoms with Gasteiger partial charge in [0, 0.05) is 46.2 Å². The number of ether oxygens (including phenoxy) is 2. The van der Waals surface area contributed by atoms with Gasteiger partial charge in [-0.3, -0.25) is 0 Å². The van der Waals surface area contributed by atoms with Crippen LogP contribution in [0.2, 0.25) is 0 Å². The summed E-state index contributed by atoms with van der Waals surface area (Å²) in [5.74, 6) is -1.57. The second-order valence-corrected chi connectivity index (χ2v) is 7.73. The van der Waals surface area contributed by atoms with Gasteiger partial charge in [0.2, 0.25) is 0 Å². The minimum atomic E-state index is -0.785. The normalized spacial score (nSPS) is 11.2. The van der Waals surface area contributed by atoms with E-state index in [9.17, 15) is 19.2 Å². The lowest BCUT2D eigenvalue weighted by Crippen LogP contribution is -2.08. The number of fused-ring (bicyclic) bond motifs is 2. The van der Waals surface area contributed by atoms with Crippen LogP contribution < -0.4 is 11.3 Å². The highest BCUT2D eigenvalue weighted by Gasteiger charge is 2.10. The van der Waals surface area contributed by atoms with Gasteiger partial charge in [-0.05, 0) is 37.1 Å². The van der Waals surface area contributed by atoms with E-state index in [1.807, 2.05) is 26.0 Å². The zero-order valence-corrected chi connectivity index (χ0v) is 18.5. The molecular weight excluding hydrogens is 440 g/mol. The Kier molecular flexibility index (Phi) is 6.40. The highest BCUT2D eigenvalue weighted by atomic mass is 16.5. The average molecular weight is 460 g/mol. The van der Waals surface area contributed by atoms with Crippen LogP contribution in [-0.4, -0.2) is 11.9 Å². The van der Waals surface area contributed by atoms with Crippen molar-refractivity contribution < 1.29 is 27.9 Å². The lowest BCUT2D eigenvalue weighted by Gasteiger charge is -2.07. The minimum absolute atomic E-state index is 0.172. The molecule has 0 amide bonds. The zero-order valence-electron chi connectivity index (χ0n) is 18.5. The molecule has 0 unspecified atom stereocenters. The molecule has 0 spiro atoms. The molecule has 34 heavy (non-hydrogen) atoms. The number of benzene rings is 2. The lowest BCUT2D eigenvalue weighted by molar-refractivity contribution is -0.141. The number of rotatable bonds is 6. The maximum absolute atomic E-state index is 12.0. The molecular formula is C26H20O8. The predicted octanol–water partition coefficient (Wildman–Crippen LogP) is 3.86. The molecule has 0 fully saturated rings. The standard InChI is InChI=1S/C26H20O8/c1-15-3-5-19-17(11-25(29)33-21(19)9-15)13-31-23(27)7-8-24(28)32-14-18-12-26(30)34-22-10-16(2)4-6-20(18)22/h3-12H,13-14H2,1-2H3. The van der Waals surface area contributed by atoms with Crippen LogP contribution >= 0.6 is 0 Å². The molecule has 0 bridgehead atoms. The fourth-order valence-electron chi connectivity index (χ4n) is 3.44. The van der Waals surface area contributed by atoms with E-state index in [0.29, 0.717) is 33.1 Å². The number of hydrogen-bond donors (Lipinski definition) is 0. The molecule has 0 saturated carbocycles. The van der Waals surface area contributed by atoms with E-state index < -0.39 is 23.2 Å². The van der Waals surface area contributed by atoms with Gasteiger partial charge in [0.05, 0.1) is 0 Å². The SMILES string of the molecule is Cc1ccc2c(COC(=O)C=CC(=O)OCc3cc(=O)oc4cc(C)ccc34)cc(=O)oc2c1. The molecule has 0 aliphatic rings. The number of carbonyl (C=O) groups excluding carboxylic acids is 2. The maximum Gasteiger partial charge on any atom is 0.336 e. The van der Waals surface area contributed by atoms with Crippen LogP contribution in [0, 0.1) is 13.8 Å². The van der Waals surface area contributed by atoms with Gasteiger partial charge in [0.25, 0.3) is 0 Å². The van der Waals surface area contributed by atoms with Gasteiger partial charge >= 0.3 is 23.2 Å². The minimum Gasteiger partial charge on any atom is -0.458 e. The quantitative estimate of drug-likeness (QED) is 0.242. The molecule has 8 heteroatoms. The molecule has 0 radical (unpaired) electrons. The third-order valence-electron chi connectivity index (χ3n) is 5.07. The second kappa shape index (κ2) is 9.58. The summed E-state index contributed by atoms with van der Waals surface area (Å²) in [6, 6.07) is 13.2. The average Bonchev–Trinajstić information content (AvgIpc) is 2.78. The number of aryl methyl sites for hydroxylation is 2. The van der Waals surface area contributed by atoms with E-state index in [4.69, 9.17) is 18.3 Å². The van der Waals surface area contributed by atoms with E-state index in [-0.39, 0.29) is 13.2 Å². The van der Waals surface area contributed by atoms with Crippen LogP contribution in [0.3, 0.4) is 0 Å². The highest BCUT2D eigenvalue weighted by molar-refractivity contribution is 5.92. The summed E-state index contributed by atoms with van der Waals surface area (Å²) in [6.45, 7) is 3.39. The van der Waals surface area contributed by atoms with Crippen molar-refractivity contribution in [2.24, 2.45) is 0 Å². The summed E-state index contributed by atoms with van der Waals surface area (Å²) in [6.07, 6.45) is 1.86. The first-order chi connectivity index (χ1) is 16.3. The Bertz CT molecular complexity index is 1440. The highest BCUT2D eigenvalue weighted by Crippen LogP contribution is 2.20. The van der Waals surface area contributed by atoms with Crippen LogP contribution in [0.1, 0.15) is 22.3 Å². The summed E-state index contributed by atoms with van der Waals surface area (Å²) < 4.78 is 20.7. The lowest BCUT2D eigenvalue weighted by atomic mass is 10.1. The molecule has 0 N–H and O–H groups in total. The summed E-state index contributed by atoms with van der Waals surface area (Å²) in [4.78, 5) is 47.7. The van der Waals surface area contributed by atoms with Crippen molar-refractivity contribution in [1.82, 2.24) is 0 Å². The topological polar surface area (TPSA) is 113 Å². The van der Waals surface area contributed by atoms with Gasteiger partial charge in [0.15, 0.2) is 0 Å². The Morgan fingerprint density at radius 2 is 1.12 bits per heavy atom. The third kappa shape index (κ3) is 5.29. The molecule has 0 atom stereocenters. The number of hydrogen-bond acceptors (Lipinski definition) is 8. The third-order valence-corrected chi connectivity index (χ3v) is 5.07. The van der Waals surface area contributed by atoms with Crippen molar-refractivity contribution >= 4 is 33.9 Å². The summed E-state index contributed by atoms with van der Waals surface area (Å²) >= 11 is 0. The molecule has 0 aliphatic heterocycles. The molecule has 2 aromatic heterocycles. The summed E-state index contributed by atoms with van der Waals surface area (Å²) in [5.41, 5.74) is 2.50. The molecule has 2 heterocycles. The fourth-order valence-corrected chi connectivity index (χ4v) is 3.44. The van der Waals surface area contributed by atoms with Gasteiger partial charge in [-0.1, -0.05) is 24.3 Å². The first kappa shape index (κ1) is 22.7. The van der Waals surface area contributed by atoms with Crippen LogP contribution in [0.25, 0.3) is 21.9 Å². The molecule has 2 aromatic carbocycles. The molecule has 0 aliphatic carbocycles.